The minimum atomic E-state index is -5.45. The van der Waals surface area contributed by atoms with Crippen LogP contribution in [0.4, 0.5) is 44.1 Å². The minimum Gasteiger partial charge on any atom is -0.365 e. The van der Waals surface area contributed by atoms with Gasteiger partial charge in [0.2, 0.25) is 0 Å². The Morgan fingerprint density at radius 1 is 1.00 bits per heavy atom. The Balaban J connectivity index is 1.84. The molecule has 1 fully saturated rings. The highest BCUT2D eigenvalue weighted by Crippen LogP contribution is 2.26. The third-order valence-corrected chi connectivity index (χ3v) is 5.36. The van der Waals surface area contributed by atoms with Crippen LogP contribution in [0.25, 0.3) is 0 Å². The number of hydrogen-bond donors (Lipinski definition) is 2. The summed E-state index contributed by atoms with van der Waals surface area (Å²) in [6.07, 6.45) is -2.93. The van der Waals surface area contributed by atoms with Crippen LogP contribution < -0.4 is 20.6 Å². The van der Waals surface area contributed by atoms with Crippen LogP contribution in [0.2, 0.25) is 0 Å². The molecule has 2 atom stereocenters. The van der Waals surface area contributed by atoms with E-state index in [-0.39, 0.29) is 5.06 Å². The lowest BCUT2D eigenvalue weighted by atomic mass is 9.90. The SMILES string of the molecule is Cc1nc(NC2CCCCC2NC(=O)N(OC(=O)C(F)(F)F)c2cc(F)cc(F)c2)cc(N(C)C)n1. The van der Waals surface area contributed by atoms with Crippen LogP contribution in [-0.4, -0.2) is 54.3 Å². The number of benzene rings is 1. The van der Waals surface area contributed by atoms with E-state index in [1.807, 2.05) is 0 Å². The maximum Gasteiger partial charge on any atom is 0.493 e. The summed E-state index contributed by atoms with van der Waals surface area (Å²) in [6, 6.07) is 0.964. The lowest BCUT2D eigenvalue weighted by Crippen LogP contribution is -2.53. The van der Waals surface area contributed by atoms with Crippen molar-refractivity contribution in [3.63, 3.8) is 0 Å². The van der Waals surface area contributed by atoms with Crippen molar-refractivity contribution in [3.05, 3.63) is 41.7 Å². The number of rotatable bonds is 5. The van der Waals surface area contributed by atoms with Crippen LogP contribution in [-0.2, 0) is 9.63 Å². The molecule has 0 aliphatic heterocycles. The first-order valence-electron chi connectivity index (χ1n) is 11.0. The predicted octanol–water partition coefficient (Wildman–Crippen LogP) is 4.09. The van der Waals surface area contributed by atoms with Gasteiger partial charge in [-0.2, -0.15) is 13.2 Å². The molecule has 3 rings (SSSR count). The quantitative estimate of drug-likeness (QED) is 0.456. The summed E-state index contributed by atoms with van der Waals surface area (Å²) in [5.74, 6) is -3.48. The predicted molar refractivity (Wildman–Crippen MR) is 120 cm³/mol. The van der Waals surface area contributed by atoms with Gasteiger partial charge in [-0.1, -0.05) is 12.8 Å². The molecule has 0 spiro atoms. The van der Waals surface area contributed by atoms with E-state index in [0.717, 1.165) is 6.42 Å². The number of alkyl halides is 3. The van der Waals surface area contributed by atoms with Gasteiger partial charge in [-0.3, -0.25) is 0 Å². The molecule has 14 heteroatoms. The number of hydroxylamine groups is 1. The number of nitrogens with zero attached hydrogens (tertiary/aromatic N) is 4. The molecule has 0 radical (unpaired) electrons. The maximum atomic E-state index is 13.7. The molecule has 0 bridgehead atoms. The van der Waals surface area contributed by atoms with E-state index in [2.05, 4.69) is 25.4 Å². The fourth-order valence-corrected chi connectivity index (χ4v) is 3.74. The number of anilines is 3. The van der Waals surface area contributed by atoms with E-state index >= 15 is 0 Å². The minimum absolute atomic E-state index is 0.105. The molecular formula is C22H25F5N6O3. The Kier molecular flexibility index (Phi) is 8.15. The van der Waals surface area contributed by atoms with Crippen LogP contribution in [0.5, 0.6) is 0 Å². The fourth-order valence-electron chi connectivity index (χ4n) is 3.74. The summed E-state index contributed by atoms with van der Waals surface area (Å²) in [7, 11) is 3.61. The van der Waals surface area contributed by atoms with Gasteiger partial charge in [0.1, 0.15) is 29.1 Å². The zero-order valence-electron chi connectivity index (χ0n) is 19.7. The zero-order valence-corrected chi connectivity index (χ0v) is 19.7. The molecule has 196 valence electrons. The van der Waals surface area contributed by atoms with E-state index in [9.17, 15) is 31.5 Å². The number of aromatic nitrogens is 2. The molecule has 1 saturated carbocycles. The van der Waals surface area contributed by atoms with Gasteiger partial charge in [-0.15, -0.1) is 5.06 Å². The van der Waals surface area contributed by atoms with E-state index in [1.54, 1.807) is 32.0 Å². The van der Waals surface area contributed by atoms with Crippen LogP contribution in [0.15, 0.2) is 24.3 Å². The number of carbonyl (C=O) groups is 2. The highest BCUT2D eigenvalue weighted by molar-refractivity contribution is 5.93. The Labute approximate surface area is 203 Å². The molecule has 1 aromatic carbocycles. The van der Waals surface area contributed by atoms with Crippen molar-refractivity contribution in [2.24, 2.45) is 0 Å². The largest absolute Gasteiger partial charge is 0.493 e. The molecule has 1 aliphatic carbocycles. The highest BCUT2D eigenvalue weighted by atomic mass is 19.4. The molecule has 9 nitrogen and oxygen atoms in total. The second-order valence-electron chi connectivity index (χ2n) is 8.44. The average molecular weight is 516 g/mol. The Bertz CT molecular complexity index is 1090. The van der Waals surface area contributed by atoms with Crippen LogP contribution in [0, 0.1) is 18.6 Å². The Morgan fingerprint density at radius 2 is 1.61 bits per heavy atom. The number of carbonyl (C=O) groups excluding carboxylic acids is 2. The second kappa shape index (κ2) is 10.9. The number of aryl methyl sites for hydroxylation is 1. The van der Waals surface area contributed by atoms with E-state index < -0.39 is 47.6 Å². The van der Waals surface area contributed by atoms with Crippen molar-refractivity contribution in [3.8, 4) is 0 Å². The molecule has 1 aliphatic rings. The van der Waals surface area contributed by atoms with Crippen molar-refractivity contribution >= 4 is 29.3 Å². The first-order chi connectivity index (χ1) is 16.8. The van der Waals surface area contributed by atoms with Crippen molar-refractivity contribution in [2.75, 3.05) is 29.4 Å². The first kappa shape index (κ1) is 26.9. The highest BCUT2D eigenvalue weighted by Gasteiger charge is 2.44. The van der Waals surface area contributed by atoms with Crippen LogP contribution in [0.3, 0.4) is 0 Å². The van der Waals surface area contributed by atoms with Gasteiger partial charge < -0.3 is 20.4 Å². The smallest absolute Gasteiger partial charge is 0.365 e. The standard InChI is InChI=1S/C22H25F5N6O3/c1-12-28-18(11-19(29-12)32(2)3)30-16-6-4-5-7-17(16)31-21(35)33(36-20(34)22(25,26)27)15-9-13(23)8-14(24)10-15/h8-11,16-17H,4-7H2,1-3H3,(H,31,35)(H,28,29,30). The third kappa shape index (κ3) is 6.92. The van der Waals surface area contributed by atoms with Gasteiger partial charge in [-0.25, -0.2) is 28.3 Å². The Hall–Kier alpha value is -3.71. The van der Waals surface area contributed by atoms with Crippen molar-refractivity contribution < 1.29 is 36.4 Å². The van der Waals surface area contributed by atoms with E-state index in [0.29, 0.717) is 54.9 Å². The van der Waals surface area contributed by atoms with Crippen LogP contribution in [0.1, 0.15) is 31.5 Å². The lowest BCUT2D eigenvalue weighted by molar-refractivity contribution is -0.199. The number of halogens is 5. The summed E-state index contributed by atoms with van der Waals surface area (Å²) in [6.45, 7) is 1.71. The van der Waals surface area contributed by atoms with Crippen molar-refractivity contribution in [1.82, 2.24) is 15.3 Å². The van der Waals surface area contributed by atoms with Crippen LogP contribution >= 0.6 is 0 Å². The molecule has 36 heavy (non-hydrogen) atoms. The number of hydrogen-bond acceptors (Lipinski definition) is 7. The number of nitrogens with one attached hydrogen (secondary N) is 2. The van der Waals surface area contributed by atoms with Crippen molar-refractivity contribution in [2.45, 2.75) is 50.9 Å². The fraction of sp³-hybridized carbons (Fsp3) is 0.455. The lowest BCUT2D eigenvalue weighted by Gasteiger charge is -2.34. The molecular weight excluding hydrogens is 491 g/mol. The van der Waals surface area contributed by atoms with E-state index in [4.69, 9.17) is 0 Å². The summed E-state index contributed by atoms with van der Waals surface area (Å²) in [5, 5.41) is 5.63. The molecule has 2 amide bonds. The summed E-state index contributed by atoms with van der Waals surface area (Å²) >= 11 is 0. The third-order valence-electron chi connectivity index (χ3n) is 5.36. The molecule has 2 unspecified atom stereocenters. The van der Waals surface area contributed by atoms with Crippen molar-refractivity contribution in [1.29, 1.82) is 0 Å². The van der Waals surface area contributed by atoms with Gasteiger partial charge in [0.05, 0.1) is 11.7 Å². The summed E-state index contributed by atoms with van der Waals surface area (Å²) in [5.41, 5.74) is -0.732. The van der Waals surface area contributed by atoms with Gasteiger partial charge in [0.15, 0.2) is 0 Å². The average Bonchev–Trinajstić information content (AvgIpc) is 2.76. The monoisotopic (exact) mass is 516 g/mol. The number of urea groups is 1. The molecule has 0 saturated heterocycles. The normalized spacial score (nSPS) is 17.8. The van der Waals surface area contributed by atoms with Gasteiger partial charge >= 0.3 is 18.2 Å². The second-order valence-corrected chi connectivity index (χ2v) is 8.44. The molecule has 2 N–H and O–H groups in total. The van der Waals surface area contributed by atoms with Gasteiger partial charge in [0.25, 0.3) is 0 Å². The first-order valence-corrected chi connectivity index (χ1v) is 11.0. The molecule has 1 heterocycles. The summed E-state index contributed by atoms with van der Waals surface area (Å²) in [4.78, 5) is 39.0. The Morgan fingerprint density at radius 3 is 2.19 bits per heavy atom. The maximum absolute atomic E-state index is 13.7. The number of amides is 2. The van der Waals surface area contributed by atoms with Gasteiger partial charge in [0, 0.05) is 44.4 Å². The van der Waals surface area contributed by atoms with Gasteiger partial charge in [-0.05, 0) is 19.8 Å². The topological polar surface area (TPSA) is 99.7 Å². The van der Waals surface area contributed by atoms with E-state index in [1.165, 1.54) is 0 Å². The summed E-state index contributed by atoms with van der Waals surface area (Å²) < 4.78 is 65.9. The zero-order chi connectivity index (χ0) is 26.6. The molecule has 1 aromatic heterocycles. The molecule has 2 aromatic rings.